The van der Waals surface area contributed by atoms with Crippen LogP contribution in [0.25, 0.3) is 0 Å². The fraction of sp³-hybridized carbons (Fsp3) is 0.500. The summed E-state index contributed by atoms with van der Waals surface area (Å²) in [6, 6.07) is 6.65. The Labute approximate surface area is 116 Å². The van der Waals surface area contributed by atoms with E-state index in [4.69, 9.17) is 5.73 Å². The van der Waals surface area contributed by atoms with Gasteiger partial charge in [-0.3, -0.25) is 4.90 Å². The van der Waals surface area contributed by atoms with Gasteiger partial charge >= 0.3 is 0 Å². The summed E-state index contributed by atoms with van der Waals surface area (Å²) in [5, 5.41) is 0. The lowest BCUT2D eigenvalue weighted by molar-refractivity contribution is 0.144. The van der Waals surface area contributed by atoms with Gasteiger partial charge in [0, 0.05) is 6.04 Å². The van der Waals surface area contributed by atoms with Gasteiger partial charge in [-0.1, -0.05) is 32.1 Å². The molecule has 1 aromatic carbocycles. The normalized spacial score (nSPS) is 16.1. The summed E-state index contributed by atoms with van der Waals surface area (Å²) in [5.41, 5.74) is 7.05. The number of hydrogen-bond acceptors (Lipinski definition) is 2. The summed E-state index contributed by atoms with van der Waals surface area (Å²) in [5.74, 6) is -0.236. The highest BCUT2D eigenvalue weighted by molar-refractivity contribution is 5.27. The Balaban J connectivity index is 3.14. The molecular formula is C16H25FN2. The van der Waals surface area contributed by atoms with Crippen LogP contribution in [-0.2, 0) is 5.54 Å². The predicted molar refractivity (Wildman–Crippen MR) is 79.5 cm³/mol. The van der Waals surface area contributed by atoms with Crippen molar-refractivity contribution in [2.75, 3.05) is 13.1 Å². The molecule has 0 aliphatic rings. The van der Waals surface area contributed by atoms with Crippen molar-refractivity contribution in [2.45, 2.75) is 38.8 Å². The molecule has 1 rings (SSSR count). The van der Waals surface area contributed by atoms with Gasteiger partial charge in [-0.15, -0.1) is 6.58 Å². The van der Waals surface area contributed by atoms with Gasteiger partial charge in [0.15, 0.2) is 0 Å². The van der Waals surface area contributed by atoms with E-state index >= 15 is 0 Å². The largest absolute Gasteiger partial charge is 0.320 e. The molecule has 0 radical (unpaired) electrons. The summed E-state index contributed by atoms with van der Waals surface area (Å²) in [6.45, 7) is 12.1. The Morgan fingerprint density at radius 2 is 1.84 bits per heavy atom. The molecule has 1 aromatic rings. The minimum atomic E-state index is -0.540. The summed E-state index contributed by atoms with van der Waals surface area (Å²) in [4.78, 5) is 2.31. The molecule has 3 heteroatoms. The van der Waals surface area contributed by atoms with E-state index in [0.717, 1.165) is 18.7 Å². The maximum Gasteiger partial charge on any atom is 0.123 e. The average molecular weight is 264 g/mol. The highest BCUT2D eigenvalue weighted by Crippen LogP contribution is 2.30. The highest BCUT2D eigenvalue weighted by atomic mass is 19.1. The van der Waals surface area contributed by atoms with E-state index in [2.05, 4.69) is 32.3 Å². The number of nitrogens with zero attached hydrogens (tertiary/aromatic N) is 1. The first-order chi connectivity index (χ1) is 8.99. The van der Waals surface area contributed by atoms with Crippen LogP contribution >= 0.6 is 0 Å². The van der Waals surface area contributed by atoms with E-state index in [1.807, 2.05) is 6.08 Å². The number of hydrogen-bond donors (Lipinski definition) is 1. The van der Waals surface area contributed by atoms with Crippen LogP contribution in [-0.4, -0.2) is 24.0 Å². The summed E-state index contributed by atoms with van der Waals surface area (Å²) < 4.78 is 13.1. The second-order valence-electron chi connectivity index (χ2n) is 4.94. The second-order valence-corrected chi connectivity index (χ2v) is 4.94. The lowest BCUT2D eigenvalue weighted by Gasteiger charge is -2.41. The summed E-state index contributed by atoms with van der Waals surface area (Å²) >= 11 is 0. The molecule has 0 spiro atoms. The first-order valence-corrected chi connectivity index (χ1v) is 6.89. The van der Waals surface area contributed by atoms with Crippen LogP contribution in [0.5, 0.6) is 0 Å². The molecule has 0 heterocycles. The molecule has 19 heavy (non-hydrogen) atoms. The van der Waals surface area contributed by atoms with E-state index in [-0.39, 0.29) is 11.9 Å². The van der Waals surface area contributed by atoms with Crippen molar-refractivity contribution in [3.63, 3.8) is 0 Å². The van der Waals surface area contributed by atoms with Gasteiger partial charge in [0.1, 0.15) is 5.82 Å². The third-order valence-electron chi connectivity index (χ3n) is 3.97. The van der Waals surface area contributed by atoms with Crippen molar-refractivity contribution in [3.8, 4) is 0 Å². The zero-order valence-corrected chi connectivity index (χ0v) is 12.2. The van der Waals surface area contributed by atoms with Crippen LogP contribution in [0, 0.1) is 5.82 Å². The zero-order chi connectivity index (χ0) is 14.5. The molecular weight excluding hydrogens is 239 g/mol. The molecule has 0 aliphatic heterocycles. The number of benzene rings is 1. The number of rotatable bonds is 7. The monoisotopic (exact) mass is 264 g/mol. The molecule has 0 amide bonds. The SMILES string of the molecule is C=CCC(N)(c1ccc(F)cc1)C(C)N(CC)CC. The standard InChI is InChI=1S/C16H25FN2/c1-5-12-16(18,13(4)19(6-2)7-3)14-8-10-15(17)11-9-14/h5,8-11,13H,1,6-7,12,18H2,2-4H3. The quantitative estimate of drug-likeness (QED) is 0.766. The Morgan fingerprint density at radius 3 is 2.26 bits per heavy atom. The van der Waals surface area contributed by atoms with Crippen LogP contribution in [0.1, 0.15) is 32.8 Å². The lowest BCUT2D eigenvalue weighted by Crippen LogP contribution is -2.54. The average Bonchev–Trinajstić information content (AvgIpc) is 2.40. The van der Waals surface area contributed by atoms with Crippen molar-refractivity contribution >= 4 is 0 Å². The Bertz CT molecular complexity index is 398. The maximum absolute atomic E-state index is 13.1. The number of nitrogens with two attached hydrogens (primary N) is 1. The van der Waals surface area contributed by atoms with Crippen LogP contribution in [0.2, 0.25) is 0 Å². The minimum Gasteiger partial charge on any atom is -0.320 e. The molecule has 0 aliphatic carbocycles. The zero-order valence-electron chi connectivity index (χ0n) is 12.2. The molecule has 0 aromatic heterocycles. The smallest absolute Gasteiger partial charge is 0.123 e. The summed E-state index contributed by atoms with van der Waals surface area (Å²) in [7, 11) is 0. The van der Waals surface area contributed by atoms with Crippen LogP contribution in [0.3, 0.4) is 0 Å². The van der Waals surface area contributed by atoms with Crippen LogP contribution in [0.4, 0.5) is 4.39 Å². The first-order valence-electron chi connectivity index (χ1n) is 6.89. The van der Waals surface area contributed by atoms with Gasteiger partial charge in [-0.2, -0.15) is 0 Å². The molecule has 0 bridgehead atoms. The molecule has 0 saturated carbocycles. The van der Waals surface area contributed by atoms with Gasteiger partial charge in [-0.05, 0) is 44.1 Å². The van der Waals surface area contributed by atoms with Crippen molar-refractivity contribution in [1.29, 1.82) is 0 Å². The first kappa shape index (κ1) is 15.9. The topological polar surface area (TPSA) is 29.3 Å². The van der Waals surface area contributed by atoms with Crippen molar-refractivity contribution < 1.29 is 4.39 Å². The number of likely N-dealkylation sites (N-methyl/N-ethyl adjacent to an activating group) is 1. The third-order valence-corrected chi connectivity index (χ3v) is 3.97. The van der Waals surface area contributed by atoms with Gasteiger partial charge < -0.3 is 5.73 Å². The lowest BCUT2D eigenvalue weighted by atomic mass is 9.80. The van der Waals surface area contributed by atoms with Gasteiger partial charge in [-0.25, -0.2) is 4.39 Å². The van der Waals surface area contributed by atoms with E-state index < -0.39 is 5.54 Å². The maximum atomic E-state index is 13.1. The molecule has 2 nitrogen and oxygen atoms in total. The van der Waals surface area contributed by atoms with Crippen LogP contribution in [0.15, 0.2) is 36.9 Å². The van der Waals surface area contributed by atoms with Gasteiger partial charge in [0.2, 0.25) is 0 Å². The Kier molecular flexibility index (Phi) is 5.70. The minimum absolute atomic E-state index is 0.158. The molecule has 0 fully saturated rings. The fourth-order valence-corrected chi connectivity index (χ4v) is 2.63. The van der Waals surface area contributed by atoms with E-state index in [1.165, 1.54) is 12.1 Å². The Morgan fingerprint density at radius 1 is 1.32 bits per heavy atom. The van der Waals surface area contributed by atoms with Crippen molar-refractivity contribution in [3.05, 3.63) is 48.3 Å². The van der Waals surface area contributed by atoms with Gasteiger partial charge in [0.25, 0.3) is 0 Å². The molecule has 0 saturated heterocycles. The van der Waals surface area contributed by atoms with Crippen LogP contribution < -0.4 is 5.73 Å². The molecule has 2 atom stereocenters. The van der Waals surface area contributed by atoms with Crippen molar-refractivity contribution in [1.82, 2.24) is 4.90 Å². The van der Waals surface area contributed by atoms with Crippen molar-refractivity contribution in [2.24, 2.45) is 5.73 Å². The third kappa shape index (κ3) is 3.43. The van der Waals surface area contributed by atoms with E-state index in [1.54, 1.807) is 12.1 Å². The summed E-state index contributed by atoms with van der Waals surface area (Å²) in [6.07, 6.45) is 2.50. The Hall–Kier alpha value is -1.19. The highest BCUT2D eigenvalue weighted by Gasteiger charge is 2.35. The molecule has 2 N–H and O–H groups in total. The second kappa shape index (κ2) is 6.83. The van der Waals surface area contributed by atoms with E-state index in [0.29, 0.717) is 6.42 Å². The molecule has 2 unspecified atom stereocenters. The van der Waals surface area contributed by atoms with Gasteiger partial charge in [0.05, 0.1) is 5.54 Å². The molecule has 106 valence electrons. The predicted octanol–water partition coefficient (Wildman–Crippen LogP) is 3.29. The number of halogens is 1. The fourth-order valence-electron chi connectivity index (χ4n) is 2.63. The van der Waals surface area contributed by atoms with E-state index in [9.17, 15) is 4.39 Å².